The van der Waals surface area contributed by atoms with Crippen molar-refractivity contribution in [2.75, 3.05) is 0 Å². The first kappa shape index (κ1) is 15.2. The van der Waals surface area contributed by atoms with E-state index in [1.165, 1.54) is 0 Å². The summed E-state index contributed by atoms with van der Waals surface area (Å²) in [7, 11) is 0. The smallest absolute Gasteiger partial charge is 0.292 e. The Hall–Kier alpha value is -3.74. The molecule has 0 aliphatic heterocycles. The fraction of sp³-hybridized carbons (Fsp3) is 0.222. The van der Waals surface area contributed by atoms with Crippen LogP contribution in [0.1, 0.15) is 34.3 Å². The Balaban J connectivity index is 2.22. The first-order chi connectivity index (χ1) is 11.7. The predicted molar refractivity (Wildman–Crippen MR) is 84.8 cm³/mol. The highest BCUT2D eigenvalue weighted by Crippen LogP contribution is 2.38. The Morgan fingerprint density at radius 3 is 1.62 bits per heavy atom. The summed E-state index contributed by atoms with van der Waals surface area (Å²) in [6, 6.07) is 5.70. The van der Waals surface area contributed by atoms with Crippen LogP contribution < -0.4 is 0 Å². The molecule has 6 nitrogen and oxygen atoms in total. The van der Waals surface area contributed by atoms with Crippen molar-refractivity contribution >= 4 is 0 Å². The van der Waals surface area contributed by atoms with E-state index in [9.17, 15) is 10.5 Å². The first-order valence-corrected chi connectivity index (χ1v) is 7.23. The largest absolute Gasteiger partial charge is 0.332 e. The number of hydrogen-bond donors (Lipinski definition) is 0. The summed E-state index contributed by atoms with van der Waals surface area (Å²) < 4.78 is 0. The van der Waals surface area contributed by atoms with E-state index in [0.29, 0.717) is 35.4 Å². The standard InChI is InChI=1S/C18H10N6/c1-21-15(9-19)11-5-7-23-17-13(11)3-4-14-12(16(10-20)22-2)6-8-24-18(14)17/h5-8,15-16H,3-4H2. The summed E-state index contributed by atoms with van der Waals surface area (Å²) in [6.07, 6.45) is 4.36. The molecule has 24 heavy (non-hydrogen) atoms. The van der Waals surface area contributed by atoms with Gasteiger partial charge in [-0.15, -0.1) is 0 Å². The van der Waals surface area contributed by atoms with E-state index < -0.39 is 12.1 Å². The molecule has 6 heteroatoms. The van der Waals surface area contributed by atoms with Crippen LogP contribution in [0, 0.1) is 35.8 Å². The van der Waals surface area contributed by atoms with Crippen molar-refractivity contribution < 1.29 is 0 Å². The molecule has 0 radical (unpaired) electrons. The molecule has 0 aromatic carbocycles. The number of fused-ring (bicyclic) bond motifs is 3. The topological polar surface area (TPSA) is 82.1 Å². The van der Waals surface area contributed by atoms with Crippen molar-refractivity contribution in [3.63, 3.8) is 0 Å². The highest BCUT2D eigenvalue weighted by Gasteiger charge is 2.30. The lowest BCUT2D eigenvalue weighted by Gasteiger charge is -2.21. The van der Waals surface area contributed by atoms with Gasteiger partial charge in [0.15, 0.2) is 12.1 Å². The molecule has 0 saturated heterocycles. The molecular formula is C18H10N6. The molecule has 1 aliphatic carbocycles. The van der Waals surface area contributed by atoms with Crippen LogP contribution in [-0.2, 0) is 12.8 Å². The maximum Gasteiger partial charge on any atom is 0.332 e. The molecule has 112 valence electrons. The van der Waals surface area contributed by atoms with Gasteiger partial charge in [-0.3, -0.25) is 19.7 Å². The third-order valence-electron chi connectivity index (χ3n) is 4.13. The molecule has 2 aromatic rings. The molecule has 2 atom stereocenters. The average Bonchev–Trinajstić information content (AvgIpc) is 2.64. The van der Waals surface area contributed by atoms with Crippen LogP contribution in [0.2, 0.25) is 0 Å². The number of nitriles is 2. The van der Waals surface area contributed by atoms with Crippen LogP contribution in [0.4, 0.5) is 0 Å². The van der Waals surface area contributed by atoms with Gasteiger partial charge in [0.1, 0.15) is 0 Å². The number of aromatic nitrogens is 2. The van der Waals surface area contributed by atoms with Crippen LogP contribution in [0.3, 0.4) is 0 Å². The van der Waals surface area contributed by atoms with Crippen LogP contribution in [0.25, 0.3) is 21.1 Å². The van der Waals surface area contributed by atoms with Gasteiger partial charge in [-0.1, -0.05) is 0 Å². The zero-order valence-electron chi connectivity index (χ0n) is 12.6. The van der Waals surface area contributed by atoms with E-state index in [1.807, 2.05) is 12.1 Å². The molecule has 2 unspecified atom stereocenters. The second-order valence-corrected chi connectivity index (χ2v) is 5.28. The predicted octanol–water partition coefficient (Wildman–Crippen LogP) is 3.21. The quantitative estimate of drug-likeness (QED) is 0.797. The van der Waals surface area contributed by atoms with E-state index in [1.54, 1.807) is 24.5 Å². The van der Waals surface area contributed by atoms with Crippen molar-refractivity contribution in [1.82, 2.24) is 9.97 Å². The van der Waals surface area contributed by atoms with E-state index >= 15 is 0 Å². The third kappa shape index (κ3) is 2.24. The molecule has 0 N–H and O–H groups in total. The van der Waals surface area contributed by atoms with E-state index in [4.69, 9.17) is 13.1 Å². The van der Waals surface area contributed by atoms with Crippen molar-refractivity contribution in [2.45, 2.75) is 24.9 Å². The first-order valence-electron chi connectivity index (χ1n) is 7.23. The Bertz CT molecular complexity index is 871. The molecule has 2 heterocycles. The molecular weight excluding hydrogens is 300 g/mol. The van der Waals surface area contributed by atoms with Crippen LogP contribution >= 0.6 is 0 Å². The number of pyridine rings is 2. The highest BCUT2D eigenvalue weighted by atomic mass is 14.8. The van der Waals surface area contributed by atoms with Gasteiger partial charge in [0.05, 0.1) is 22.5 Å². The molecule has 1 aliphatic rings. The lowest BCUT2D eigenvalue weighted by atomic mass is 9.85. The van der Waals surface area contributed by atoms with Gasteiger partial charge in [0.25, 0.3) is 0 Å². The van der Waals surface area contributed by atoms with Gasteiger partial charge in [0.2, 0.25) is 0 Å². The lowest BCUT2D eigenvalue weighted by Crippen LogP contribution is -2.13. The number of nitrogens with zero attached hydrogens (tertiary/aromatic N) is 6. The number of hydrogen-bond acceptors (Lipinski definition) is 4. The Morgan fingerprint density at radius 1 is 0.875 bits per heavy atom. The Kier molecular flexibility index (Phi) is 3.90. The van der Waals surface area contributed by atoms with Gasteiger partial charge < -0.3 is 0 Å². The van der Waals surface area contributed by atoms with Crippen molar-refractivity contribution in [3.8, 4) is 23.5 Å². The van der Waals surface area contributed by atoms with Gasteiger partial charge in [-0.2, -0.15) is 10.5 Å². The minimum absolute atomic E-state index is 0.605. The van der Waals surface area contributed by atoms with E-state index in [2.05, 4.69) is 19.7 Å². The minimum Gasteiger partial charge on any atom is -0.292 e. The number of rotatable bonds is 2. The monoisotopic (exact) mass is 310 g/mol. The molecule has 0 bridgehead atoms. The van der Waals surface area contributed by atoms with Crippen LogP contribution in [0.15, 0.2) is 24.5 Å². The second kappa shape index (κ2) is 6.17. The maximum absolute atomic E-state index is 9.19. The molecule has 0 fully saturated rings. The molecule has 0 spiro atoms. The SMILES string of the molecule is [C-]#[N+]C(C#N)c1ccnc2c1CCc1c(C(C#N)[N+]#[C-])ccnc1-2. The van der Waals surface area contributed by atoms with Gasteiger partial charge >= 0.3 is 12.1 Å². The molecule has 3 rings (SSSR count). The zero-order valence-corrected chi connectivity index (χ0v) is 12.6. The summed E-state index contributed by atoms with van der Waals surface area (Å²) in [5.74, 6) is 0. The Morgan fingerprint density at radius 2 is 1.29 bits per heavy atom. The van der Waals surface area contributed by atoms with Crippen LogP contribution in [0.5, 0.6) is 0 Å². The molecule has 2 aromatic heterocycles. The highest BCUT2D eigenvalue weighted by molar-refractivity contribution is 5.69. The Labute approximate surface area is 139 Å². The lowest BCUT2D eigenvalue weighted by molar-refractivity contribution is 0.859. The molecule has 0 amide bonds. The summed E-state index contributed by atoms with van der Waals surface area (Å²) in [6.45, 7) is 14.4. The maximum atomic E-state index is 9.19. The average molecular weight is 310 g/mol. The van der Waals surface area contributed by atoms with Crippen LogP contribution in [-0.4, -0.2) is 9.97 Å². The summed E-state index contributed by atoms with van der Waals surface area (Å²) in [4.78, 5) is 15.5. The van der Waals surface area contributed by atoms with Gasteiger partial charge in [-0.25, -0.2) is 13.1 Å². The second-order valence-electron chi connectivity index (χ2n) is 5.28. The van der Waals surface area contributed by atoms with E-state index in [0.717, 1.165) is 11.1 Å². The van der Waals surface area contributed by atoms with Gasteiger partial charge in [-0.05, 0) is 36.1 Å². The zero-order chi connectivity index (χ0) is 17.1. The fourth-order valence-electron chi connectivity index (χ4n) is 3.05. The van der Waals surface area contributed by atoms with Crippen molar-refractivity contribution in [1.29, 1.82) is 10.5 Å². The third-order valence-corrected chi connectivity index (χ3v) is 4.13. The fourth-order valence-corrected chi connectivity index (χ4v) is 3.05. The van der Waals surface area contributed by atoms with Gasteiger partial charge in [0, 0.05) is 12.4 Å². The summed E-state index contributed by atoms with van der Waals surface area (Å²) in [5, 5.41) is 18.4. The van der Waals surface area contributed by atoms with Crippen molar-refractivity contribution in [2.24, 2.45) is 0 Å². The summed E-state index contributed by atoms with van der Waals surface area (Å²) in [5.41, 5.74) is 4.32. The van der Waals surface area contributed by atoms with Crippen molar-refractivity contribution in [3.05, 3.63) is 69.6 Å². The molecule has 0 saturated carbocycles. The minimum atomic E-state index is -0.860. The van der Waals surface area contributed by atoms with E-state index in [-0.39, 0.29) is 0 Å². The normalized spacial score (nSPS) is 13.8. The summed E-state index contributed by atoms with van der Waals surface area (Å²) >= 11 is 0.